The number of carbonyl (C=O) groups is 1. The number of benzene rings is 2. The highest BCUT2D eigenvalue weighted by Gasteiger charge is 2.13. The highest BCUT2D eigenvalue weighted by atomic mass is 16.5. The average molecular weight is 286 g/mol. The van der Waals surface area contributed by atoms with E-state index in [1.807, 2.05) is 0 Å². The number of carboxylic acids is 1. The number of para-hydroxylation sites is 1. The Kier molecular flexibility index (Phi) is 4.13. The lowest BCUT2D eigenvalue weighted by molar-refractivity contribution is -0.130. The fourth-order valence-electron chi connectivity index (χ4n) is 1.89. The minimum Gasteiger partial charge on any atom is -0.508 e. The highest BCUT2D eigenvalue weighted by molar-refractivity contribution is 6.20. The van der Waals surface area contributed by atoms with E-state index in [4.69, 9.17) is 4.74 Å². The fourth-order valence-corrected chi connectivity index (χ4v) is 1.89. The Balaban J connectivity index is 2.53. The summed E-state index contributed by atoms with van der Waals surface area (Å²) in [5.41, 5.74) is 0.751. The van der Waals surface area contributed by atoms with Crippen LogP contribution in [-0.2, 0) is 4.79 Å². The van der Waals surface area contributed by atoms with Crippen molar-refractivity contribution in [2.24, 2.45) is 0 Å². The fraction of sp³-hybridized carbons (Fsp3) is 0.0625. The van der Waals surface area contributed by atoms with Gasteiger partial charge in [-0.3, -0.25) is 0 Å². The first-order valence-electron chi connectivity index (χ1n) is 6.13. The van der Waals surface area contributed by atoms with Crippen molar-refractivity contribution in [3.8, 4) is 17.2 Å². The maximum Gasteiger partial charge on any atom is 0.336 e. The third-order valence-corrected chi connectivity index (χ3v) is 2.96. The van der Waals surface area contributed by atoms with Crippen LogP contribution in [-0.4, -0.2) is 28.4 Å². The van der Waals surface area contributed by atoms with E-state index < -0.39 is 5.97 Å². The van der Waals surface area contributed by atoms with Crippen LogP contribution in [0.5, 0.6) is 17.2 Å². The van der Waals surface area contributed by atoms with Crippen LogP contribution in [0.25, 0.3) is 11.6 Å². The van der Waals surface area contributed by atoms with Gasteiger partial charge in [-0.25, -0.2) is 4.79 Å². The number of methoxy groups -OCH3 is 1. The quantitative estimate of drug-likeness (QED) is 0.594. The van der Waals surface area contributed by atoms with Crippen molar-refractivity contribution in [3.63, 3.8) is 0 Å². The maximum absolute atomic E-state index is 11.4. The monoisotopic (exact) mass is 286 g/mol. The number of hydrogen-bond acceptors (Lipinski definition) is 4. The van der Waals surface area contributed by atoms with Gasteiger partial charge in [0.05, 0.1) is 12.7 Å². The molecule has 2 aromatic carbocycles. The molecular weight excluding hydrogens is 272 g/mol. The van der Waals surface area contributed by atoms with Gasteiger partial charge in [0.15, 0.2) is 11.5 Å². The molecule has 0 atom stereocenters. The molecule has 5 heteroatoms. The normalized spacial score (nSPS) is 11.2. The van der Waals surface area contributed by atoms with Gasteiger partial charge in [0.25, 0.3) is 0 Å². The number of ether oxygens (including phenoxy) is 1. The van der Waals surface area contributed by atoms with Gasteiger partial charge >= 0.3 is 5.97 Å². The molecule has 0 saturated heterocycles. The number of rotatable bonds is 4. The van der Waals surface area contributed by atoms with Crippen molar-refractivity contribution in [2.75, 3.05) is 7.11 Å². The van der Waals surface area contributed by atoms with Gasteiger partial charge in [0.1, 0.15) is 5.75 Å². The number of phenols is 2. The summed E-state index contributed by atoms with van der Waals surface area (Å²) in [4.78, 5) is 11.4. The average Bonchev–Trinajstić information content (AvgIpc) is 2.47. The summed E-state index contributed by atoms with van der Waals surface area (Å²) in [6.07, 6.45) is 1.35. The highest BCUT2D eigenvalue weighted by Crippen LogP contribution is 2.32. The molecule has 3 N–H and O–H groups in total. The van der Waals surface area contributed by atoms with E-state index in [0.717, 1.165) is 0 Å². The van der Waals surface area contributed by atoms with Crippen molar-refractivity contribution < 1.29 is 24.9 Å². The Hall–Kier alpha value is -2.95. The van der Waals surface area contributed by atoms with Crippen LogP contribution in [0.2, 0.25) is 0 Å². The molecule has 0 spiro atoms. The molecule has 0 radical (unpaired) electrons. The molecule has 21 heavy (non-hydrogen) atoms. The van der Waals surface area contributed by atoms with E-state index >= 15 is 0 Å². The smallest absolute Gasteiger partial charge is 0.336 e. The van der Waals surface area contributed by atoms with Gasteiger partial charge in [0.2, 0.25) is 0 Å². The van der Waals surface area contributed by atoms with Crippen LogP contribution in [0.15, 0.2) is 42.5 Å². The van der Waals surface area contributed by atoms with Gasteiger partial charge in [-0.05, 0) is 29.8 Å². The van der Waals surface area contributed by atoms with Crippen LogP contribution in [0, 0.1) is 0 Å². The molecule has 0 aromatic heterocycles. The van der Waals surface area contributed by atoms with Crippen molar-refractivity contribution in [2.45, 2.75) is 0 Å². The van der Waals surface area contributed by atoms with Crippen LogP contribution >= 0.6 is 0 Å². The third kappa shape index (κ3) is 3.14. The molecule has 0 unspecified atom stereocenters. The zero-order valence-corrected chi connectivity index (χ0v) is 11.3. The van der Waals surface area contributed by atoms with Crippen LogP contribution < -0.4 is 4.74 Å². The van der Waals surface area contributed by atoms with E-state index in [0.29, 0.717) is 11.1 Å². The van der Waals surface area contributed by atoms with Gasteiger partial charge in [0, 0.05) is 5.56 Å². The Morgan fingerprint density at radius 3 is 2.33 bits per heavy atom. The first-order chi connectivity index (χ1) is 10.0. The summed E-state index contributed by atoms with van der Waals surface area (Å²) in [5.74, 6) is -0.952. The summed E-state index contributed by atoms with van der Waals surface area (Å²) >= 11 is 0. The van der Waals surface area contributed by atoms with E-state index in [9.17, 15) is 20.1 Å². The van der Waals surface area contributed by atoms with E-state index in [2.05, 4.69) is 0 Å². The van der Waals surface area contributed by atoms with Crippen molar-refractivity contribution in [1.82, 2.24) is 0 Å². The molecule has 0 amide bonds. The number of aliphatic carboxylic acids is 1. The second kappa shape index (κ2) is 6.00. The van der Waals surface area contributed by atoms with Gasteiger partial charge in [-0.2, -0.15) is 0 Å². The summed E-state index contributed by atoms with van der Waals surface area (Å²) in [6, 6.07) is 10.6. The first-order valence-corrected chi connectivity index (χ1v) is 6.13. The Bertz CT molecular complexity index is 686. The van der Waals surface area contributed by atoms with Crippen LogP contribution in [0.3, 0.4) is 0 Å². The number of aromatic hydroxyl groups is 2. The third-order valence-electron chi connectivity index (χ3n) is 2.96. The summed E-state index contributed by atoms with van der Waals surface area (Å²) in [6.45, 7) is 0. The molecular formula is C16H14O5. The van der Waals surface area contributed by atoms with Crippen molar-refractivity contribution in [1.29, 1.82) is 0 Å². The van der Waals surface area contributed by atoms with E-state index in [1.165, 1.54) is 37.5 Å². The molecule has 0 aliphatic carbocycles. The molecule has 0 aliphatic rings. The lowest BCUT2D eigenvalue weighted by Crippen LogP contribution is -1.99. The summed E-state index contributed by atoms with van der Waals surface area (Å²) < 4.78 is 4.99. The summed E-state index contributed by atoms with van der Waals surface area (Å²) in [5, 5.41) is 28.6. The molecule has 2 rings (SSSR count). The second-order valence-corrected chi connectivity index (χ2v) is 4.31. The molecule has 0 bridgehead atoms. The zero-order chi connectivity index (χ0) is 15.4. The molecule has 5 nitrogen and oxygen atoms in total. The Morgan fingerprint density at radius 1 is 1.10 bits per heavy atom. The van der Waals surface area contributed by atoms with Crippen LogP contribution in [0.4, 0.5) is 0 Å². The second-order valence-electron chi connectivity index (χ2n) is 4.31. The molecule has 0 heterocycles. The first kappa shape index (κ1) is 14.5. The van der Waals surface area contributed by atoms with Crippen LogP contribution in [0.1, 0.15) is 11.1 Å². The lowest BCUT2D eigenvalue weighted by Gasteiger charge is -2.07. The van der Waals surface area contributed by atoms with Gasteiger partial charge in [-0.1, -0.05) is 24.3 Å². The lowest BCUT2D eigenvalue weighted by atomic mass is 10.0. The van der Waals surface area contributed by atoms with Gasteiger partial charge < -0.3 is 20.1 Å². The number of phenolic OH excluding ortho intramolecular Hbond substituents is 2. The van der Waals surface area contributed by atoms with Crippen molar-refractivity contribution >= 4 is 17.6 Å². The predicted molar refractivity (Wildman–Crippen MR) is 78.3 cm³/mol. The molecule has 2 aromatic rings. The zero-order valence-electron chi connectivity index (χ0n) is 11.3. The number of hydrogen-bond donors (Lipinski definition) is 3. The predicted octanol–water partition coefficient (Wildman–Crippen LogP) is 2.73. The Morgan fingerprint density at radius 2 is 1.76 bits per heavy atom. The topological polar surface area (TPSA) is 87.0 Å². The molecule has 0 aliphatic heterocycles. The number of carboxylic acid groups (broad SMARTS) is 1. The summed E-state index contributed by atoms with van der Waals surface area (Å²) in [7, 11) is 1.42. The minimum absolute atomic E-state index is 0.00134. The van der Waals surface area contributed by atoms with E-state index in [-0.39, 0.29) is 22.8 Å². The maximum atomic E-state index is 11.4. The molecule has 0 saturated carbocycles. The van der Waals surface area contributed by atoms with E-state index in [1.54, 1.807) is 18.2 Å². The van der Waals surface area contributed by atoms with Gasteiger partial charge in [-0.15, -0.1) is 0 Å². The van der Waals surface area contributed by atoms with Crippen molar-refractivity contribution in [3.05, 3.63) is 53.6 Å². The largest absolute Gasteiger partial charge is 0.508 e. The molecule has 0 fully saturated rings. The molecule has 108 valence electrons. The standard InChI is InChI=1S/C16H14O5/c1-21-14-4-2-3-11(15(14)18)9-13(16(19)20)10-5-7-12(17)8-6-10/h2-9,17-18H,1H3,(H,19,20)/b13-9-. The minimum atomic E-state index is -1.14. The Labute approximate surface area is 121 Å². The SMILES string of the molecule is COc1cccc(/C=C(\C(=O)O)c2ccc(O)cc2)c1O.